The van der Waals surface area contributed by atoms with Crippen LogP contribution in [0.5, 0.6) is 0 Å². The van der Waals surface area contributed by atoms with Gasteiger partial charge >= 0.3 is 5.97 Å². The Labute approximate surface area is 179 Å². The molecular weight excluding hydrogens is 418 g/mol. The Morgan fingerprint density at radius 3 is 2.48 bits per heavy atom. The molecule has 0 unspecified atom stereocenters. The molecule has 4 aromatic rings. The average Bonchev–Trinajstić information content (AvgIpc) is 3.39. The highest BCUT2D eigenvalue weighted by Gasteiger charge is 2.19. The third-order valence-corrected chi connectivity index (χ3v) is 7.00. The van der Waals surface area contributed by atoms with Gasteiger partial charge in [0.2, 0.25) is 5.76 Å². The highest BCUT2D eigenvalue weighted by molar-refractivity contribution is 7.92. The standard InChI is InChI=1S/C23H21NO6S/c1-15(2)31(26,27)19-9-7-16(8-10-19)11-23(25)28-14-18-13-22(30-24-18)21-12-17-5-3-4-6-20(17)29-21/h3-10,12-13,15H,11,14H2,1-2H3. The van der Waals surface area contributed by atoms with E-state index in [4.69, 9.17) is 13.7 Å². The van der Waals surface area contributed by atoms with Crippen molar-refractivity contribution >= 4 is 26.8 Å². The number of fused-ring (bicyclic) bond motifs is 1. The van der Waals surface area contributed by atoms with Crippen LogP contribution in [0.1, 0.15) is 25.1 Å². The van der Waals surface area contributed by atoms with Crippen LogP contribution in [0.4, 0.5) is 0 Å². The van der Waals surface area contributed by atoms with Gasteiger partial charge in [0, 0.05) is 11.5 Å². The van der Waals surface area contributed by atoms with E-state index in [1.165, 1.54) is 12.1 Å². The number of carbonyl (C=O) groups excluding carboxylic acids is 1. The predicted octanol–water partition coefficient (Wildman–Crippen LogP) is 4.56. The molecule has 0 saturated carbocycles. The summed E-state index contributed by atoms with van der Waals surface area (Å²) in [7, 11) is -3.34. The molecule has 2 heterocycles. The fraction of sp³-hybridized carbons (Fsp3) is 0.217. The largest absolute Gasteiger partial charge is 0.459 e. The number of carbonyl (C=O) groups is 1. The van der Waals surface area contributed by atoms with Gasteiger partial charge in [-0.3, -0.25) is 4.79 Å². The zero-order chi connectivity index (χ0) is 22.0. The first-order chi connectivity index (χ1) is 14.8. The summed E-state index contributed by atoms with van der Waals surface area (Å²) in [4.78, 5) is 12.4. The molecule has 0 atom stereocenters. The van der Waals surface area contributed by atoms with Crippen molar-refractivity contribution in [3.8, 4) is 11.5 Å². The van der Waals surface area contributed by atoms with Gasteiger partial charge in [-0.15, -0.1) is 0 Å². The summed E-state index contributed by atoms with van der Waals surface area (Å²) in [6.07, 6.45) is 0.0241. The van der Waals surface area contributed by atoms with Crippen LogP contribution >= 0.6 is 0 Å². The molecule has 160 valence electrons. The second-order valence-electron chi connectivity index (χ2n) is 7.41. The fourth-order valence-corrected chi connectivity index (χ4v) is 4.10. The maximum atomic E-state index is 12.2. The van der Waals surface area contributed by atoms with Crippen molar-refractivity contribution in [2.24, 2.45) is 0 Å². The van der Waals surface area contributed by atoms with Crippen LogP contribution in [-0.4, -0.2) is 24.8 Å². The smallest absolute Gasteiger partial charge is 0.310 e. The molecule has 4 rings (SSSR count). The topological polar surface area (TPSA) is 99.6 Å². The van der Waals surface area contributed by atoms with Gasteiger partial charge in [-0.25, -0.2) is 8.42 Å². The molecular formula is C23H21NO6S. The average molecular weight is 439 g/mol. The Morgan fingerprint density at radius 2 is 1.77 bits per heavy atom. The number of esters is 1. The van der Waals surface area contributed by atoms with Crippen LogP contribution in [0.25, 0.3) is 22.5 Å². The Balaban J connectivity index is 1.35. The zero-order valence-corrected chi connectivity index (χ0v) is 17.9. The highest BCUT2D eigenvalue weighted by Crippen LogP contribution is 2.28. The molecule has 0 bridgehead atoms. The Morgan fingerprint density at radius 1 is 1.03 bits per heavy atom. The molecule has 0 aliphatic carbocycles. The van der Waals surface area contributed by atoms with E-state index in [1.807, 2.05) is 30.3 Å². The minimum absolute atomic E-state index is 0.0241. The molecule has 8 heteroatoms. The Kier molecular flexibility index (Phi) is 5.65. The lowest BCUT2D eigenvalue weighted by molar-refractivity contribution is -0.144. The van der Waals surface area contributed by atoms with E-state index in [0.717, 1.165) is 11.0 Å². The Hall–Kier alpha value is -3.39. The summed E-state index contributed by atoms with van der Waals surface area (Å²) in [6, 6.07) is 17.4. The molecule has 0 amide bonds. The number of hydrogen-bond donors (Lipinski definition) is 0. The maximum absolute atomic E-state index is 12.2. The molecule has 0 fully saturated rings. The molecule has 0 spiro atoms. The lowest BCUT2D eigenvalue weighted by atomic mass is 10.1. The summed E-state index contributed by atoms with van der Waals surface area (Å²) >= 11 is 0. The third kappa shape index (κ3) is 4.54. The minimum atomic E-state index is -3.34. The van der Waals surface area contributed by atoms with Crippen LogP contribution in [0.15, 0.2) is 74.5 Å². The summed E-state index contributed by atoms with van der Waals surface area (Å²) in [5.74, 6) is 0.541. The van der Waals surface area contributed by atoms with Gasteiger partial charge in [0.1, 0.15) is 17.9 Å². The van der Waals surface area contributed by atoms with E-state index in [-0.39, 0.29) is 17.9 Å². The van der Waals surface area contributed by atoms with Gasteiger partial charge in [0.05, 0.1) is 16.6 Å². The van der Waals surface area contributed by atoms with Crippen LogP contribution in [0.2, 0.25) is 0 Å². The van der Waals surface area contributed by atoms with Crippen LogP contribution in [0.3, 0.4) is 0 Å². The van der Waals surface area contributed by atoms with E-state index in [2.05, 4.69) is 5.16 Å². The number of hydrogen-bond acceptors (Lipinski definition) is 7. The van der Waals surface area contributed by atoms with Crippen molar-refractivity contribution in [2.75, 3.05) is 0 Å². The summed E-state index contributed by atoms with van der Waals surface area (Å²) < 4.78 is 40.6. The van der Waals surface area contributed by atoms with Gasteiger partial charge in [-0.1, -0.05) is 35.5 Å². The van der Waals surface area contributed by atoms with Crippen molar-refractivity contribution in [2.45, 2.75) is 37.0 Å². The van der Waals surface area contributed by atoms with Crippen LogP contribution < -0.4 is 0 Å². The number of nitrogens with zero attached hydrogens (tertiary/aromatic N) is 1. The number of ether oxygens (including phenoxy) is 1. The molecule has 0 N–H and O–H groups in total. The van der Waals surface area contributed by atoms with Crippen molar-refractivity contribution < 1.29 is 26.9 Å². The number of rotatable bonds is 7. The highest BCUT2D eigenvalue weighted by atomic mass is 32.2. The fourth-order valence-electron chi connectivity index (χ4n) is 3.04. The minimum Gasteiger partial charge on any atom is -0.459 e. The van der Waals surface area contributed by atoms with Gasteiger partial charge in [0.25, 0.3) is 0 Å². The molecule has 0 radical (unpaired) electrons. The monoisotopic (exact) mass is 439 g/mol. The second-order valence-corrected chi connectivity index (χ2v) is 9.91. The summed E-state index contributed by atoms with van der Waals surface area (Å²) in [5.41, 5.74) is 1.87. The number of furan rings is 1. The molecule has 2 aromatic heterocycles. The van der Waals surface area contributed by atoms with Gasteiger partial charge in [0.15, 0.2) is 15.6 Å². The summed E-state index contributed by atoms with van der Waals surface area (Å²) in [5, 5.41) is 4.37. The molecule has 0 aliphatic rings. The van der Waals surface area contributed by atoms with Crippen molar-refractivity contribution in [3.63, 3.8) is 0 Å². The van der Waals surface area contributed by atoms with Gasteiger partial charge < -0.3 is 13.7 Å². The van der Waals surface area contributed by atoms with Gasteiger partial charge in [-0.05, 0) is 43.7 Å². The van der Waals surface area contributed by atoms with E-state index in [9.17, 15) is 13.2 Å². The quantitative estimate of drug-likeness (QED) is 0.389. The van der Waals surface area contributed by atoms with Crippen LogP contribution in [0, 0.1) is 0 Å². The summed E-state index contributed by atoms with van der Waals surface area (Å²) in [6.45, 7) is 3.22. The SMILES string of the molecule is CC(C)S(=O)(=O)c1ccc(CC(=O)OCc2cc(-c3cc4ccccc4o3)on2)cc1. The predicted molar refractivity (Wildman–Crippen MR) is 114 cm³/mol. The number of aromatic nitrogens is 1. The first-order valence-corrected chi connectivity index (χ1v) is 11.3. The molecule has 0 aliphatic heterocycles. The molecule has 31 heavy (non-hydrogen) atoms. The Bertz CT molecular complexity index is 1280. The van der Waals surface area contributed by atoms with E-state index >= 15 is 0 Å². The zero-order valence-electron chi connectivity index (χ0n) is 17.1. The van der Waals surface area contributed by atoms with Gasteiger partial charge in [-0.2, -0.15) is 0 Å². The normalized spacial score (nSPS) is 11.8. The third-order valence-electron chi connectivity index (χ3n) is 4.83. The lowest BCUT2D eigenvalue weighted by Gasteiger charge is -2.08. The first-order valence-electron chi connectivity index (χ1n) is 9.76. The second kappa shape index (κ2) is 8.39. The number of para-hydroxylation sites is 1. The molecule has 0 saturated heterocycles. The molecule has 2 aromatic carbocycles. The maximum Gasteiger partial charge on any atom is 0.310 e. The number of sulfone groups is 1. The lowest BCUT2D eigenvalue weighted by Crippen LogP contribution is -2.14. The first kappa shape index (κ1) is 20.9. The molecule has 7 nitrogen and oxygen atoms in total. The van der Waals surface area contributed by atoms with E-state index in [0.29, 0.717) is 22.8 Å². The number of benzene rings is 2. The van der Waals surface area contributed by atoms with Crippen molar-refractivity contribution in [3.05, 3.63) is 71.9 Å². The van der Waals surface area contributed by atoms with E-state index < -0.39 is 21.1 Å². The van der Waals surface area contributed by atoms with Crippen LogP contribution in [-0.2, 0) is 32.4 Å². The van der Waals surface area contributed by atoms with E-state index in [1.54, 1.807) is 32.0 Å². The van der Waals surface area contributed by atoms with Crippen molar-refractivity contribution in [1.82, 2.24) is 5.16 Å². The van der Waals surface area contributed by atoms with Crippen molar-refractivity contribution in [1.29, 1.82) is 0 Å².